The van der Waals surface area contributed by atoms with Gasteiger partial charge in [0.05, 0.1) is 31.0 Å². The summed E-state index contributed by atoms with van der Waals surface area (Å²) in [4.78, 5) is 12.2. The first kappa shape index (κ1) is 19.8. The van der Waals surface area contributed by atoms with E-state index in [1.54, 1.807) is 6.92 Å². The predicted molar refractivity (Wildman–Crippen MR) is 105 cm³/mol. The Labute approximate surface area is 155 Å². The molecule has 0 unspecified atom stereocenters. The van der Waals surface area contributed by atoms with Gasteiger partial charge < -0.3 is 20.9 Å². The molecule has 0 aromatic heterocycles. The van der Waals surface area contributed by atoms with Crippen molar-refractivity contribution >= 4 is 17.3 Å². The van der Waals surface area contributed by atoms with Gasteiger partial charge in [-0.3, -0.25) is 4.79 Å². The Morgan fingerprint density at radius 1 is 1.27 bits per heavy atom. The predicted octanol–water partition coefficient (Wildman–Crippen LogP) is 3.50. The van der Waals surface area contributed by atoms with Gasteiger partial charge in [-0.25, -0.2) is 0 Å². The molecule has 4 N–H and O–H groups in total. The molecule has 0 aliphatic rings. The summed E-state index contributed by atoms with van der Waals surface area (Å²) in [6.07, 6.45) is 0.223. The van der Waals surface area contributed by atoms with Crippen molar-refractivity contribution in [2.24, 2.45) is 0 Å². The molecule has 2 aromatic rings. The second-order valence-corrected chi connectivity index (χ2v) is 6.40. The summed E-state index contributed by atoms with van der Waals surface area (Å²) in [6.45, 7) is 6.03. The van der Waals surface area contributed by atoms with Gasteiger partial charge in [-0.2, -0.15) is 0 Å². The smallest absolute Gasteiger partial charge is 0.306 e. The van der Waals surface area contributed by atoms with E-state index in [1.807, 2.05) is 51.2 Å². The van der Waals surface area contributed by atoms with Gasteiger partial charge in [-0.15, -0.1) is 0 Å². The van der Waals surface area contributed by atoms with E-state index in [-0.39, 0.29) is 24.9 Å². The normalized spacial score (nSPS) is 11.9. The van der Waals surface area contributed by atoms with Gasteiger partial charge in [0.15, 0.2) is 0 Å². The van der Waals surface area contributed by atoms with Crippen LogP contribution in [0.5, 0.6) is 0 Å². The lowest BCUT2D eigenvalue weighted by atomic mass is 9.84. The van der Waals surface area contributed by atoms with Crippen LogP contribution in [-0.4, -0.2) is 24.7 Å². The third-order valence-electron chi connectivity index (χ3n) is 4.82. The Balaban J connectivity index is 2.55. The first-order valence-corrected chi connectivity index (χ1v) is 8.85. The number of aliphatic hydroxyl groups excluding tert-OH is 1. The maximum Gasteiger partial charge on any atom is 0.306 e. The maximum absolute atomic E-state index is 12.2. The Bertz CT molecular complexity index is 787. The molecule has 0 spiro atoms. The number of ether oxygens (including phenoxy) is 1. The summed E-state index contributed by atoms with van der Waals surface area (Å²) in [7, 11) is 1.83. The van der Waals surface area contributed by atoms with Crippen LogP contribution in [0.25, 0.3) is 0 Å². The number of aliphatic hydroxyl groups is 1. The van der Waals surface area contributed by atoms with Crippen molar-refractivity contribution in [1.82, 2.24) is 0 Å². The van der Waals surface area contributed by atoms with Crippen LogP contribution in [0.1, 0.15) is 47.1 Å². The number of esters is 1. The monoisotopic (exact) mass is 356 g/mol. The zero-order valence-electron chi connectivity index (χ0n) is 15.9. The molecule has 5 nitrogen and oxygen atoms in total. The third kappa shape index (κ3) is 4.17. The Morgan fingerprint density at radius 3 is 2.62 bits per heavy atom. The van der Waals surface area contributed by atoms with Crippen molar-refractivity contribution < 1.29 is 14.6 Å². The number of nitrogen functional groups attached to an aromatic ring is 1. The Kier molecular flexibility index (Phi) is 6.64. The molecule has 1 atom stereocenters. The van der Waals surface area contributed by atoms with Crippen molar-refractivity contribution in [2.75, 3.05) is 24.7 Å². The third-order valence-corrected chi connectivity index (χ3v) is 4.82. The number of nitrogens with one attached hydrogen (secondary N) is 1. The molecule has 2 aromatic carbocycles. The van der Waals surface area contributed by atoms with Crippen molar-refractivity contribution in [1.29, 1.82) is 0 Å². The first-order chi connectivity index (χ1) is 12.4. The number of hydrogen-bond donors (Lipinski definition) is 3. The molecule has 0 aliphatic carbocycles. The lowest BCUT2D eigenvalue weighted by molar-refractivity contribution is -0.143. The quantitative estimate of drug-likeness (QED) is 0.522. The van der Waals surface area contributed by atoms with Gasteiger partial charge in [-0.1, -0.05) is 24.3 Å². The molecule has 0 heterocycles. The van der Waals surface area contributed by atoms with Crippen LogP contribution in [0.2, 0.25) is 0 Å². The van der Waals surface area contributed by atoms with Crippen molar-refractivity contribution in [3.05, 3.63) is 58.1 Å². The van der Waals surface area contributed by atoms with Gasteiger partial charge in [0, 0.05) is 13.0 Å². The highest BCUT2D eigenvalue weighted by atomic mass is 16.5. The molecular formula is C21H28N2O3. The maximum atomic E-state index is 12.2. The van der Waals surface area contributed by atoms with Crippen LogP contribution in [0, 0.1) is 13.8 Å². The van der Waals surface area contributed by atoms with Gasteiger partial charge in [0.2, 0.25) is 0 Å². The number of benzene rings is 2. The summed E-state index contributed by atoms with van der Waals surface area (Å²) in [5, 5.41) is 12.7. The standard InChI is InChI=1S/C21H28N2O3/c1-5-26-20(25)11-18(15-7-6-13(2)16(10-15)12-24)17-8-9-19(23-4)21(22)14(17)3/h6-10,18,23-24H,5,11-12,22H2,1-4H3/t18-/m1/s1. The topological polar surface area (TPSA) is 84.6 Å². The number of nitrogens with two attached hydrogens (primary N) is 1. The van der Waals surface area contributed by atoms with E-state index in [2.05, 4.69) is 5.32 Å². The summed E-state index contributed by atoms with van der Waals surface area (Å²) in [5.41, 5.74) is 12.6. The van der Waals surface area contributed by atoms with Crippen LogP contribution >= 0.6 is 0 Å². The van der Waals surface area contributed by atoms with E-state index < -0.39 is 0 Å². The summed E-state index contributed by atoms with van der Waals surface area (Å²) in [6, 6.07) is 9.86. The summed E-state index contributed by atoms with van der Waals surface area (Å²) in [5.74, 6) is -0.438. The second kappa shape index (κ2) is 8.72. The van der Waals surface area contributed by atoms with Crippen molar-refractivity contribution in [3.63, 3.8) is 0 Å². The van der Waals surface area contributed by atoms with Crippen LogP contribution in [0.3, 0.4) is 0 Å². The average molecular weight is 356 g/mol. The van der Waals surface area contributed by atoms with Crippen LogP contribution in [0.4, 0.5) is 11.4 Å². The minimum atomic E-state index is -0.251. The Morgan fingerprint density at radius 2 is 2.00 bits per heavy atom. The molecule has 0 bridgehead atoms. The van der Waals surface area contributed by atoms with E-state index in [9.17, 15) is 9.90 Å². The zero-order chi connectivity index (χ0) is 19.3. The number of carbonyl (C=O) groups excluding carboxylic acids is 1. The highest BCUT2D eigenvalue weighted by Gasteiger charge is 2.23. The van der Waals surface area contributed by atoms with Crippen LogP contribution in [0.15, 0.2) is 30.3 Å². The molecule has 0 aliphatic heterocycles. The van der Waals surface area contributed by atoms with E-state index in [0.29, 0.717) is 12.3 Å². The van der Waals surface area contributed by atoms with E-state index >= 15 is 0 Å². The summed E-state index contributed by atoms with van der Waals surface area (Å²) >= 11 is 0. The number of carbonyl (C=O) groups is 1. The van der Waals surface area contributed by atoms with Gasteiger partial charge in [0.25, 0.3) is 0 Å². The fourth-order valence-electron chi connectivity index (χ4n) is 3.21. The molecule has 26 heavy (non-hydrogen) atoms. The minimum Gasteiger partial charge on any atom is -0.466 e. The van der Waals surface area contributed by atoms with Crippen LogP contribution in [-0.2, 0) is 16.1 Å². The minimum absolute atomic E-state index is 0.0361. The summed E-state index contributed by atoms with van der Waals surface area (Å²) < 4.78 is 5.18. The first-order valence-electron chi connectivity index (χ1n) is 8.85. The fraction of sp³-hybridized carbons (Fsp3) is 0.381. The molecular weight excluding hydrogens is 328 g/mol. The molecule has 0 fully saturated rings. The largest absolute Gasteiger partial charge is 0.466 e. The molecule has 0 amide bonds. The number of hydrogen-bond acceptors (Lipinski definition) is 5. The zero-order valence-corrected chi connectivity index (χ0v) is 15.9. The highest BCUT2D eigenvalue weighted by molar-refractivity contribution is 5.75. The number of aryl methyl sites for hydroxylation is 1. The lowest BCUT2D eigenvalue weighted by Gasteiger charge is -2.22. The van der Waals surface area contributed by atoms with E-state index in [4.69, 9.17) is 10.5 Å². The van der Waals surface area contributed by atoms with E-state index in [1.165, 1.54) is 0 Å². The lowest BCUT2D eigenvalue weighted by Crippen LogP contribution is -2.14. The average Bonchev–Trinajstić information content (AvgIpc) is 2.63. The van der Waals surface area contributed by atoms with Crippen LogP contribution < -0.4 is 11.1 Å². The van der Waals surface area contributed by atoms with Crippen molar-refractivity contribution in [3.8, 4) is 0 Å². The molecule has 5 heteroatoms. The molecule has 0 radical (unpaired) electrons. The van der Waals surface area contributed by atoms with Gasteiger partial charge in [0.1, 0.15) is 0 Å². The number of rotatable bonds is 7. The fourth-order valence-corrected chi connectivity index (χ4v) is 3.21. The van der Waals surface area contributed by atoms with Gasteiger partial charge in [-0.05, 0) is 54.7 Å². The van der Waals surface area contributed by atoms with Crippen molar-refractivity contribution in [2.45, 2.75) is 39.7 Å². The van der Waals surface area contributed by atoms with Gasteiger partial charge >= 0.3 is 5.97 Å². The molecule has 0 saturated heterocycles. The Hall–Kier alpha value is -2.53. The van der Waals surface area contributed by atoms with E-state index in [0.717, 1.165) is 33.5 Å². The SMILES string of the molecule is CCOC(=O)C[C@H](c1ccc(C)c(CO)c1)c1ccc(NC)c(N)c1C. The second-order valence-electron chi connectivity index (χ2n) is 6.40. The molecule has 140 valence electrons. The number of anilines is 2. The molecule has 0 saturated carbocycles. The molecule has 2 rings (SSSR count). The highest BCUT2D eigenvalue weighted by Crippen LogP contribution is 2.36.